The molecule has 0 spiro atoms. The summed E-state index contributed by atoms with van der Waals surface area (Å²) in [5.41, 5.74) is 3.06. The van der Waals surface area contributed by atoms with Gasteiger partial charge >= 0.3 is 0 Å². The van der Waals surface area contributed by atoms with E-state index in [2.05, 4.69) is 27.4 Å². The van der Waals surface area contributed by atoms with Gasteiger partial charge in [0.15, 0.2) is 0 Å². The van der Waals surface area contributed by atoms with E-state index in [0.717, 1.165) is 17.6 Å². The van der Waals surface area contributed by atoms with Crippen molar-refractivity contribution in [2.75, 3.05) is 0 Å². The summed E-state index contributed by atoms with van der Waals surface area (Å²) < 4.78 is 0. The molecule has 120 valence electrons. The third-order valence-corrected chi connectivity index (χ3v) is 4.97. The minimum atomic E-state index is -0.718. The summed E-state index contributed by atoms with van der Waals surface area (Å²) in [6, 6.07) is 8.24. The number of hydrogen-bond acceptors (Lipinski definition) is 2. The largest absolute Gasteiger partial charge is 0.289 e. The number of ketones is 2. The highest BCUT2D eigenvalue weighted by molar-refractivity contribution is 7.27. The van der Waals surface area contributed by atoms with Crippen LogP contribution in [0.3, 0.4) is 0 Å². The Labute approximate surface area is 140 Å². The first-order valence-electron chi connectivity index (χ1n) is 7.74. The lowest BCUT2D eigenvalue weighted by atomic mass is 9.84. The Morgan fingerprint density at radius 1 is 1.22 bits per heavy atom. The molecule has 3 heteroatoms. The van der Waals surface area contributed by atoms with Crippen LogP contribution in [-0.4, -0.2) is 11.6 Å². The van der Waals surface area contributed by atoms with Gasteiger partial charge in [-0.25, -0.2) is 0 Å². The average molecular weight is 326 g/mol. The lowest BCUT2D eigenvalue weighted by molar-refractivity contribution is -0.137. The molecule has 1 aromatic carbocycles. The molecule has 23 heavy (non-hydrogen) atoms. The standard InChI is InChI=1S/C20H23O2P/c1-13(9-11-15-7-5-6-8-17(15)23)10-12-16-14(2)18(21)19(22)20(16,3)4/h5-10,12H,11,23H2,1-4H3. The predicted octanol–water partition coefficient (Wildman–Crippen LogP) is 3.73. The Morgan fingerprint density at radius 3 is 2.43 bits per heavy atom. The lowest BCUT2D eigenvalue weighted by Crippen LogP contribution is -2.24. The second-order valence-corrected chi connectivity index (χ2v) is 7.13. The van der Waals surface area contributed by atoms with Gasteiger partial charge in [0.25, 0.3) is 0 Å². The fraction of sp³-hybridized carbons (Fsp3) is 0.300. The van der Waals surface area contributed by atoms with Crippen molar-refractivity contribution < 1.29 is 9.59 Å². The van der Waals surface area contributed by atoms with E-state index < -0.39 is 5.41 Å². The molecular formula is C20H23O2P. The highest BCUT2D eigenvalue weighted by atomic mass is 31.0. The van der Waals surface area contributed by atoms with Crippen LogP contribution in [-0.2, 0) is 16.0 Å². The normalized spacial score (nSPS) is 18.4. The predicted molar refractivity (Wildman–Crippen MR) is 98.9 cm³/mol. The van der Waals surface area contributed by atoms with Crippen molar-refractivity contribution in [2.24, 2.45) is 5.41 Å². The maximum atomic E-state index is 12.0. The van der Waals surface area contributed by atoms with E-state index in [0.29, 0.717) is 5.57 Å². The van der Waals surface area contributed by atoms with Crippen LogP contribution in [0.4, 0.5) is 0 Å². The zero-order valence-corrected chi connectivity index (χ0v) is 15.3. The van der Waals surface area contributed by atoms with Crippen LogP contribution in [0.5, 0.6) is 0 Å². The number of Topliss-reactive ketones (excluding diaryl/α,β-unsaturated/α-hetero) is 2. The Balaban J connectivity index is 2.17. The van der Waals surface area contributed by atoms with E-state index in [1.54, 1.807) is 6.92 Å². The van der Waals surface area contributed by atoms with Crippen LogP contribution in [0.15, 0.2) is 59.2 Å². The minimum absolute atomic E-state index is 0.312. The number of carbonyl (C=O) groups is 2. The topological polar surface area (TPSA) is 34.1 Å². The fourth-order valence-corrected chi connectivity index (χ4v) is 3.10. The molecule has 0 heterocycles. The van der Waals surface area contributed by atoms with Crippen molar-refractivity contribution in [1.29, 1.82) is 0 Å². The van der Waals surface area contributed by atoms with Crippen molar-refractivity contribution in [2.45, 2.75) is 34.1 Å². The zero-order valence-electron chi connectivity index (χ0n) is 14.1. The average Bonchev–Trinajstić information content (AvgIpc) is 2.65. The molecule has 0 N–H and O–H groups in total. The van der Waals surface area contributed by atoms with Gasteiger partial charge in [-0.3, -0.25) is 9.59 Å². The quantitative estimate of drug-likeness (QED) is 0.480. The third-order valence-electron chi connectivity index (χ3n) is 4.40. The number of carbonyl (C=O) groups excluding carboxylic acids is 2. The molecule has 1 atom stereocenters. The van der Waals surface area contributed by atoms with Crippen LogP contribution in [0, 0.1) is 5.41 Å². The summed E-state index contributed by atoms with van der Waals surface area (Å²) in [6.45, 7) is 7.39. The lowest BCUT2D eigenvalue weighted by Gasteiger charge is -2.17. The Hall–Kier alpha value is -1.79. The van der Waals surface area contributed by atoms with E-state index in [4.69, 9.17) is 0 Å². The van der Waals surface area contributed by atoms with Crippen molar-refractivity contribution in [3.05, 3.63) is 64.8 Å². The molecule has 0 aromatic heterocycles. The fourth-order valence-electron chi connectivity index (χ4n) is 2.77. The Morgan fingerprint density at radius 2 is 1.87 bits per heavy atom. The Kier molecular flexibility index (Phi) is 5.16. The highest BCUT2D eigenvalue weighted by Gasteiger charge is 2.43. The molecule has 0 radical (unpaired) electrons. The van der Waals surface area contributed by atoms with E-state index in [9.17, 15) is 9.59 Å². The molecule has 0 bridgehead atoms. The molecule has 1 aliphatic rings. The van der Waals surface area contributed by atoms with E-state index >= 15 is 0 Å². The number of benzene rings is 1. The molecule has 0 saturated carbocycles. The van der Waals surface area contributed by atoms with Crippen LogP contribution in [0.1, 0.15) is 33.3 Å². The molecule has 0 amide bonds. The molecule has 1 aromatic rings. The molecule has 2 nitrogen and oxygen atoms in total. The van der Waals surface area contributed by atoms with Gasteiger partial charge in [-0.2, -0.15) is 0 Å². The zero-order chi connectivity index (χ0) is 17.2. The first kappa shape index (κ1) is 17.6. The van der Waals surface area contributed by atoms with Crippen molar-refractivity contribution in [1.82, 2.24) is 0 Å². The van der Waals surface area contributed by atoms with Crippen LogP contribution in [0.25, 0.3) is 0 Å². The van der Waals surface area contributed by atoms with E-state index in [-0.39, 0.29) is 11.6 Å². The van der Waals surface area contributed by atoms with Crippen LogP contribution in [0.2, 0.25) is 0 Å². The van der Waals surface area contributed by atoms with E-state index in [1.807, 2.05) is 45.1 Å². The number of hydrogen-bond donors (Lipinski definition) is 0. The minimum Gasteiger partial charge on any atom is -0.289 e. The Bertz CT molecular complexity index is 749. The van der Waals surface area contributed by atoms with Gasteiger partial charge in [0.1, 0.15) is 0 Å². The molecule has 1 aliphatic carbocycles. The van der Waals surface area contributed by atoms with Gasteiger partial charge in [0.2, 0.25) is 11.6 Å². The summed E-state index contributed by atoms with van der Waals surface area (Å²) in [5, 5.41) is 1.20. The summed E-state index contributed by atoms with van der Waals surface area (Å²) in [5.74, 6) is -0.665. The number of allylic oxidation sites excluding steroid dienone is 6. The SMILES string of the molecule is CC(C=CC1=C(C)C(=O)C(=O)C1(C)C)=CCc1ccccc1P. The van der Waals surface area contributed by atoms with Crippen molar-refractivity contribution in [3.8, 4) is 0 Å². The summed E-state index contributed by atoms with van der Waals surface area (Å²) in [6.07, 6.45) is 6.91. The summed E-state index contributed by atoms with van der Waals surface area (Å²) >= 11 is 0. The molecule has 0 fully saturated rings. The molecule has 0 aliphatic heterocycles. The summed E-state index contributed by atoms with van der Waals surface area (Å²) in [7, 11) is 2.75. The van der Waals surface area contributed by atoms with Crippen LogP contribution < -0.4 is 5.30 Å². The second kappa shape index (κ2) is 6.76. The van der Waals surface area contributed by atoms with Gasteiger partial charge in [-0.15, -0.1) is 9.24 Å². The molecular weight excluding hydrogens is 303 g/mol. The number of rotatable bonds is 4. The summed E-state index contributed by atoms with van der Waals surface area (Å²) in [4.78, 5) is 23.9. The van der Waals surface area contributed by atoms with Crippen molar-refractivity contribution in [3.63, 3.8) is 0 Å². The molecule has 2 rings (SSSR count). The second-order valence-electron chi connectivity index (χ2n) is 6.51. The van der Waals surface area contributed by atoms with Gasteiger partial charge < -0.3 is 0 Å². The van der Waals surface area contributed by atoms with Gasteiger partial charge in [0.05, 0.1) is 5.41 Å². The van der Waals surface area contributed by atoms with Gasteiger partial charge in [-0.05, 0) is 50.6 Å². The van der Waals surface area contributed by atoms with Crippen LogP contribution >= 0.6 is 9.24 Å². The highest BCUT2D eigenvalue weighted by Crippen LogP contribution is 2.38. The van der Waals surface area contributed by atoms with Crippen molar-refractivity contribution >= 4 is 26.1 Å². The van der Waals surface area contributed by atoms with E-state index in [1.165, 1.54) is 10.9 Å². The maximum absolute atomic E-state index is 12.0. The monoisotopic (exact) mass is 326 g/mol. The maximum Gasteiger partial charge on any atom is 0.225 e. The molecule has 0 saturated heterocycles. The third kappa shape index (κ3) is 3.59. The first-order valence-corrected chi connectivity index (χ1v) is 8.31. The smallest absolute Gasteiger partial charge is 0.225 e. The first-order chi connectivity index (χ1) is 10.7. The van der Waals surface area contributed by atoms with Gasteiger partial charge in [0, 0.05) is 5.57 Å². The molecule has 1 unspecified atom stereocenters. The van der Waals surface area contributed by atoms with Gasteiger partial charge in [-0.1, -0.05) is 48.1 Å².